The smallest absolute Gasteiger partial charge is 0.258 e. The number of rotatable bonds is 5. The lowest BCUT2D eigenvalue weighted by molar-refractivity contribution is -0.114. The van der Waals surface area contributed by atoms with Gasteiger partial charge in [-0.15, -0.1) is 0 Å². The van der Waals surface area contributed by atoms with Gasteiger partial charge in [-0.05, 0) is 42.5 Å². The number of carbonyl (C=O) groups is 2. The average molecular weight is 382 g/mol. The molecule has 27 heavy (non-hydrogen) atoms. The summed E-state index contributed by atoms with van der Waals surface area (Å²) >= 11 is 5.90. The molecule has 2 amide bonds. The molecule has 1 heterocycles. The zero-order valence-corrected chi connectivity index (χ0v) is 15.1. The molecule has 3 rings (SSSR count). The lowest BCUT2D eigenvalue weighted by atomic mass is 10.2. The fourth-order valence-electron chi connectivity index (χ4n) is 2.25. The molecule has 0 saturated carbocycles. The number of nitrogens with one attached hydrogen (secondary N) is 3. The van der Waals surface area contributed by atoms with Gasteiger partial charge >= 0.3 is 0 Å². The molecule has 7 nitrogen and oxygen atoms in total. The summed E-state index contributed by atoms with van der Waals surface area (Å²) in [6, 6.07) is 14.0. The van der Waals surface area contributed by atoms with Crippen molar-refractivity contribution in [2.24, 2.45) is 0 Å². The molecule has 136 valence electrons. The summed E-state index contributed by atoms with van der Waals surface area (Å²) in [6.45, 7) is 1.45. The number of carbonyl (C=O) groups excluding carboxylic acids is 2. The highest BCUT2D eigenvalue weighted by Gasteiger charge is 2.08. The normalized spacial score (nSPS) is 10.1. The summed E-state index contributed by atoms with van der Waals surface area (Å²) in [7, 11) is 0. The van der Waals surface area contributed by atoms with Crippen LogP contribution in [0.4, 0.5) is 23.0 Å². The second kappa shape index (κ2) is 8.29. The van der Waals surface area contributed by atoms with Crippen molar-refractivity contribution in [2.45, 2.75) is 6.92 Å². The topological polar surface area (TPSA) is 96.0 Å². The first kappa shape index (κ1) is 18.3. The predicted molar refractivity (Wildman–Crippen MR) is 105 cm³/mol. The largest absolute Gasteiger partial charge is 0.326 e. The first-order chi connectivity index (χ1) is 13.0. The number of aromatic nitrogens is 2. The Morgan fingerprint density at radius 1 is 0.889 bits per heavy atom. The molecule has 0 aliphatic rings. The highest BCUT2D eigenvalue weighted by atomic mass is 35.5. The van der Waals surface area contributed by atoms with Gasteiger partial charge < -0.3 is 16.0 Å². The van der Waals surface area contributed by atoms with Crippen LogP contribution in [0, 0.1) is 0 Å². The number of benzene rings is 2. The van der Waals surface area contributed by atoms with Crippen LogP contribution in [0.1, 0.15) is 17.3 Å². The summed E-state index contributed by atoms with van der Waals surface area (Å²) in [4.78, 5) is 31.5. The van der Waals surface area contributed by atoms with E-state index in [1.807, 2.05) is 0 Å². The summed E-state index contributed by atoms with van der Waals surface area (Å²) in [5.74, 6) is -0.115. The number of halogens is 1. The molecule has 8 heteroatoms. The maximum absolute atomic E-state index is 12.2. The molecule has 0 saturated heterocycles. The lowest BCUT2D eigenvalue weighted by Gasteiger charge is -2.08. The van der Waals surface area contributed by atoms with Gasteiger partial charge in [0.15, 0.2) is 0 Å². The molecule has 0 fully saturated rings. The van der Waals surface area contributed by atoms with E-state index < -0.39 is 0 Å². The van der Waals surface area contributed by atoms with Crippen molar-refractivity contribution in [3.63, 3.8) is 0 Å². The van der Waals surface area contributed by atoms with E-state index in [-0.39, 0.29) is 11.8 Å². The molecule has 0 atom stereocenters. The van der Waals surface area contributed by atoms with Crippen molar-refractivity contribution in [1.29, 1.82) is 0 Å². The maximum Gasteiger partial charge on any atom is 0.258 e. The third kappa shape index (κ3) is 5.26. The Kier molecular flexibility index (Phi) is 5.63. The summed E-state index contributed by atoms with van der Waals surface area (Å²) < 4.78 is 0. The Morgan fingerprint density at radius 3 is 2.19 bits per heavy atom. The Labute approximate surface area is 160 Å². The Morgan fingerprint density at radius 2 is 1.56 bits per heavy atom. The van der Waals surface area contributed by atoms with E-state index in [1.54, 1.807) is 48.5 Å². The van der Waals surface area contributed by atoms with E-state index in [0.29, 0.717) is 27.9 Å². The number of hydrogen-bond acceptors (Lipinski definition) is 5. The van der Waals surface area contributed by atoms with Crippen LogP contribution in [0.2, 0.25) is 5.02 Å². The predicted octanol–water partition coefficient (Wildman–Crippen LogP) is 4.08. The maximum atomic E-state index is 12.2. The minimum absolute atomic E-state index is 0.134. The minimum Gasteiger partial charge on any atom is -0.326 e. The molecule has 0 radical (unpaired) electrons. The van der Waals surface area contributed by atoms with E-state index in [2.05, 4.69) is 25.9 Å². The summed E-state index contributed by atoms with van der Waals surface area (Å²) in [6.07, 6.45) is 2.86. The third-order valence-corrected chi connectivity index (χ3v) is 3.69. The van der Waals surface area contributed by atoms with Gasteiger partial charge in [-0.2, -0.15) is 0 Å². The van der Waals surface area contributed by atoms with Crippen LogP contribution >= 0.6 is 11.6 Å². The molecule has 0 aliphatic carbocycles. The van der Waals surface area contributed by atoms with Gasteiger partial charge in [0.05, 0.1) is 5.56 Å². The Balaban J connectivity index is 1.62. The molecule has 3 N–H and O–H groups in total. The Bertz CT molecular complexity index is 959. The molecule has 1 aromatic heterocycles. The second-order valence-electron chi connectivity index (χ2n) is 5.64. The van der Waals surface area contributed by atoms with Crippen LogP contribution in [-0.4, -0.2) is 21.8 Å². The van der Waals surface area contributed by atoms with E-state index in [1.165, 1.54) is 19.3 Å². The van der Waals surface area contributed by atoms with Crippen molar-refractivity contribution in [3.8, 4) is 0 Å². The number of hydrogen-bond donors (Lipinski definition) is 3. The molecule has 2 aromatic carbocycles. The SMILES string of the molecule is CC(=O)Nc1ccc(Nc2ncc(C(=O)Nc3cccc(Cl)c3)cn2)cc1. The second-order valence-corrected chi connectivity index (χ2v) is 6.08. The highest BCUT2D eigenvalue weighted by Crippen LogP contribution is 2.18. The fraction of sp³-hybridized carbons (Fsp3) is 0.0526. The fourth-order valence-corrected chi connectivity index (χ4v) is 2.44. The number of nitrogens with zero attached hydrogens (tertiary/aromatic N) is 2. The van der Waals surface area contributed by atoms with Gasteiger partial charge in [0, 0.05) is 41.4 Å². The third-order valence-electron chi connectivity index (χ3n) is 3.46. The summed E-state index contributed by atoms with van der Waals surface area (Å²) in [5.41, 5.74) is 2.36. The van der Waals surface area contributed by atoms with Crippen LogP contribution in [0.5, 0.6) is 0 Å². The zero-order chi connectivity index (χ0) is 19.2. The molecule has 0 bridgehead atoms. The quantitative estimate of drug-likeness (QED) is 0.618. The first-order valence-corrected chi connectivity index (χ1v) is 8.41. The monoisotopic (exact) mass is 381 g/mol. The molecule has 0 aliphatic heterocycles. The van der Waals surface area contributed by atoms with Crippen LogP contribution < -0.4 is 16.0 Å². The summed E-state index contributed by atoms with van der Waals surface area (Å²) in [5, 5.41) is 8.98. The highest BCUT2D eigenvalue weighted by molar-refractivity contribution is 6.30. The van der Waals surface area contributed by atoms with Crippen molar-refractivity contribution in [1.82, 2.24) is 9.97 Å². The minimum atomic E-state index is -0.330. The van der Waals surface area contributed by atoms with Crippen LogP contribution in [0.3, 0.4) is 0 Å². The van der Waals surface area contributed by atoms with Gasteiger partial charge in [-0.1, -0.05) is 17.7 Å². The van der Waals surface area contributed by atoms with Crippen molar-refractivity contribution in [3.05, 3.63) is 71.5 Å². The van der Waals surface area contributed by atoms with Crippen molar-refractivity contribution in [2.75, 3.05) is 16.0 Å². The Hall–Kier alpha value is -3.45. The molecular weight excluding hydrogens is 366 g/mol. The van der Waals surface area contributed by atoms with Crippen LogP contribution in [0.25, 0.3) is 0 Å². The van der Waals surface area contributed by atoms with Crippen molar-refractivity contribution < 1.29 is 9.59 Å². The molecule has 3 aromatic rings. The van der Waals surface area contributed by atoms with E-state index in [0.717, 1.165) is 5.69 Å². The molecular formula is C19H16ClN5O2. The van der Waals surface area contributed by atoms with Gasteiger partial charge in [0.1, 0.15) is 0 Å². The van der Waals surface area contributed by atoms with Crippen LogP contribution in [-0.2, 0) is 4.79 Å². The zero-order valence-electron chi connectivity index (χ0n) is 14.4. The van der Waals surface area contributed by atoms with Crippen LogP contribution in [0.15, 0.2) is 60.9 Å². The van der Waals surface area contributed by atoms with E-state index in [4.69, 9.17) is 11.6 Å². The standard InChI is InChI=1S/C19H16ClN5O2/c1-12(26)23-15-5-7-16(8-6-15)25-19-21-10-13(11-22-19)18(27)24-17-4-2-3-14(20)9-17/h2-11H,1H3,(H,23,26)(H,24,27)(H,21,22,25). The van der Waals surface area contributed by atoms with Gasteiger partial charge in [-0.3, -0.25) is 9.59 Å². The lowest BCUT2D eigenvalue weighted by Crippen LogP contribution is -2.13. The van der Waals surface area contributed by atoms with E-state index >= 15 is 0 Å². The van der Waals surface area contributed by atoms with Gasteiger partial charge in [0.2, 0.25) is 11.9 Å². The first-order valence-electron chi connectivity index (χ1n) is 8.03. The van der Waals surface area contributed by atoms with Gasteiger partial charge in [-0.25, -0.2) is 9.97 Å². The van der Waals surface area contributed by atoms with Crippen molar-refractivity contribution >= 4 is 46.4 Å². The average Bonchev–Trinajstić information content (AvgIpc) is 2.63. The molecule has 0 unspecified atom stereocenters. The van der Waals surface area contributed by atoms with Gasteiger partial charge in [0.25, 0.3) is 5.91 Å². The number of anilines is 4. The molecule has 0 spiro atoms. The number of amides is 2. The van der Waals surface area contributed by atoms with E-state index in [9.17, 15) is 9.59 Å².